The number of aryl methyl sites for hydroxylation is 2. The van der Waals surface area contributed by atoms with Gasteiger partial charge in [0.2, 0.25) is 5.55 Å². The lowest BCUT2D eigenvalue weighted by Gasteiger charge is -2.37. The zero-order valence-corrected chi connectivity index (χ0v) is 20.0. The lowest BCUT2D eigenvalue weighted by molar-refractivity contribution is 0.102. The van der Waals surface area contributed by atoms with E-state index in [2.05, 4.69) is 16.3 Å². The molecule has 3 heterocycles. The van der Waals surface area contributed by atoms with Crippen LogP contribution in [0.2, 0.25) is 0 Å². The first-order valence-electron chi connectivity index (χ1n) is 12.2. The van der Waals surface area contributed by atoms with Crippen molar-refractivity contribution in [3.63, 3.8) is 0 Å². The van der Waals surface area contributed by atoms with E-state index in [1.54, 1.807) is 25.3 Å². The quantitative estimate of drug-likeness (QED) is 0.401. The Kier molecular flexibility index (Phi) is 5.68. The minimum atomic E-state index is -0.424. The number of rotatable bonds is 4. The van der Waals surface area contributed by atoms with Crippen LogP contribution in [0.25, 0.3) is 11.0 Å². The van der Waals surface area contributed by atoms with Crippen LogP contribution in [-0.2, 0) is 12.8 Å². The molecule has 6 rings (SSSR count). The number of carbonyl (C=O) groups excluding carboxylic acids is 1. The number of methoxy groups -OCH3 is 1. The molecule has 2 aliphatic rings. The van der Waals surface area contributed by atoms with Gasteiger partial charge in [-0.3, -0.25) is 4.79 Å². The zero-order valence-electron chi connectivity index (χ0n) is 20.0. The SMILES string of the molecule is COc1cccc(N=c2oc3c4c5c(cc3cc2C(=O)Nc2cccc(F)c2)CCCN5CCC4)c1. The van der Waals surface area contributed by atoms with Crippen LogP contribution < -0.4 is 20.5 Å². The van der Waals surface area contributed by atoms with Crippen molar-refractivity contribution in [1.82, 2.24) is 0 Å². The number of benzene rings is 3. The van der Waals surface area contributed by atoms with Gasteiger partial charge in [0.1, 0.15) is 22.7 Å². The standard InChI is InChI=1S/C29H26FN3O3/c1-35-23-10-3-9-22(17-23)32-29-25(28(34)31-21-8-2-7-20(30)16-21)15-19-14-18-6-4-12-33-13-5-11-24(26(18)33)27(19)36-29/h2-3,7-10,14-17H,4-6,11-13H2,1H3,(H,31,34). The Balaban J connectivity index is 1.55. The van der Waals surface area contributed by atoms with Gasteiger partial charge in [-0.1, -0.05) is 12.1 Å². The van der Waals surface area contributed by atoms with E-state index < -0.39 is 11.7 Å². The summed E-state index contributed by atoms with van der Waals surface area (Å²) in [5.74, 6) is -0.184. The third kappa shape index (κ3) is 4.11. The summed E-state index contributed by atoms with van der Waals surface area (Å²) in [6, 6.07) is 17.1. The molecule has 182 valence electrons. The summed E-state index contributed by atoms with van der Waals surface area (Å²) in [4.78, 5) is 20.6. The van der Waals surface area contributed by atoms with Gasteiger partial charge in [0, 0.05) is 41.5 Å². The first-order chi connectivity index (χ1) is 17.6. The van der Waals surface area contributed by atoms with Gasteiger partial charge < -0.3 is 19.4 Å². The maximum Gasteiger partial charge on any atom is 0.261 e. The molecular formula is C29H26FN3O3. The Morgan fingerprint density at radius 1 is 1.06 bits per heavy atom. The summed E-state index contributed by atoms with van der Waals surface area (Å²) < 4.78 is 25.5. The number of hydrogen-bond donors (Lipinski definition) is 1. The van der Waals surface area contributed by atoms with E-state index in [1.165, 1.54) is 28.9 Å². The Labute approximate surface area is 208 Å². The molecule has 0 aliphatic carbocycles. The summed E-state index contributed by atoms with van der Waals surface area (Å²) in [6.45, 7) is 2.11. The number of carbonyl (C=O) groups is 1. The molecule has 0 saturated carbocycles. The molecule has 0 unspecified atom stereocenters. The molecule has 0 spiro atoms. The average Bonchev–Trinajstić information content (AvgIpc) is 2.89. The number of nitrogens with one attached hydrogen (secondary N) is 1. The van der Waals surface area contributed by atoms with Crippen LogP contribution in [0.15, 0.2) is 70.1 Å². The van der Waals surface area contributed by atoms with Crippen molar-refractivity contribution in [2.45, 2.75) is 25.7 Å². The summed E-state index contributed by atoms with van der Waals surface area (Å²) in [5.41, 5.74) is 5.99. The first kappa shape index (κ1) is 22.3. The molecule has 7 heteroatoms. The van der Waals surface area contributed by atoms with Gasteiger partial charge >= 0.3 is 0 Å². The van der Waals surface area contributed by atoms with E-state index in [1.807, 2.05) is 24.3 Å². The van der Waals surface area contributed by atoms with E-state index in [4.69, 9.17) is 14.1 Å². The van der Waals surface area contributed by atoms with E-state index in [9.17, 15) is 9.18 Å². The molecule has 6 nitrogen and oxygen atoms in total. The third-order valence-corrected chi connectivity index (χ3v) is 6.84. The molecule has 0 bridgehead atoms. The van der Waals surface area contributed by atoms with Crippen LogP contribution in [-0.4, -0.2) is 26.1 Å². The summed E-state index contributed by atoms with van der Waals surface area (Å²) in [5, 5.41) is 3.67. The smallest absolute Gasteiger partial charge is 0.261 e. The Hall–Kier alpha value is -4.13. The van der Waals surface area contributed by atoms with E-state index >= 15 is 0 Å². The van der Waals surface area contributed by atoms with E-state index in [0.29, 0.717) is 17.1 Å². The van der Waals surface area contributed by atoms with Gasteiger partial charge in [0.05, 0.1) is 12.8 Å². The number of fused-ring (bicyclic) bond motifs is 2. The third-order valence-electron chi connectivity index (χ3n) is 6.84. The molecule has 2 aliphatic heterocycles. The molecule has 1 amide bonds. The summed E-state index contributed by atoms with van der Waals surface area (Å²) in [7, 11) is 1.59. The summed E-state index contributed by atoms with van der Waals surface area (Å²) >= 11 is 0. The highest BCUT2D eigenvalue weighted by molar-refractivity contribution is 6.06. The van der Waals surface area contributed by atoms with Crippen LogP contribution in [0.1, 0.15) is 34.3 Å². The van der Waals surface area contributed by atoms with Crippen LogP contribution in [0.4, 0.5) is 21.5 Å². The molecule has 0 atom stereocenters. The molecule has 1 aromatic heterocycles. The fourth-order valence-electron chi connectivity index (χ4n) is 5.26. The summed E-state index contributed by atoms with van der Waals surface area (Å²) in [6.07, 6.45) is 4.11. The van der Waals surface area contributed by atoms with Gasteiger partial charge in [-0.25, -0.2) is 9.38 Å². The van der Waals surface area contributed by atoms with Crippen LogP contribution in [0.3, 0.4) is 0 Å². The molecule has 0 saturated heterocycles. The Morgan fingerprint density at radius 3 is 2.72 bits per heavy atom. The number of amides is 1. The Morgan fingerprint density at radius 2 is 1.89 bits per heavy atom. The minimum absolute atomic E-state index is 0.203. The van der Waals surface area contributed by atoms with Crippen molar-refractivity contribution < 1.29 is 18.3 Å². The number of anilines is 2. The van der Waals surface area contributed by atoms with Crippen LogP contribution in [0.5, 0.6) is 5.75 Å². The van der Waals surface area contributed by atoms with E-state index in [0.717, 1.165) is 49.7 Å². The second-order valence-corrected chi connectivity index (χ2v) is 9.22. The Bertz CT molecular complexity index is 1560. The lowest BCUT2D eigenvalue weighted by atomic mass is 9.90. The fraction of sp³-hybridized carbons (Fsp3) is 0.241. The predicted octanol–water partition coefficient (Wildman–Crippen LogP) is 5.76. The van der Waals surface area contributed by atoms with Gasteiger partial charge in [0.15, 0.2) is 0 Å². The van der Waals surface area contributed by atoms with Crippen LogP contribution >= 0.6 is 0 Å². The zero-order chi connectivity index (χ0) is 24.6. The molecule has 4 aromatic rings. The van der Waals surface area contributed by atoms with Gasteiger partial charge in [-0.15, -0.1) is 0 Å². The van der Waals surface area contributed by atoms with Gasteiger partial charge in [-0.2, -0.15) is 0 Å². The largest absolute Gasteiger partial charge is 0.497 e. The van der Waals surface area contributed by atoms with E-state index in [-0.39, 0.29) is 11.1 Å². The van der Waals surface area contributed by atoms with Crippen molar-refractivity contribution in [3.8, 4) is 5.75 Å². The van der Waals surface area contributed by atoms with Crippen molar-refractivity contribution in [2.24, 2.45) is 4.99 Å². The fourth-order valence-corrected chi connectivity index (χ4v) is 5.26. The maximum absolute atomic E-state index is 13.7. The van der Waals surface area contributed by atoms with Crippen LogP contribution in [0, 0.1) is 5.82 Å². The number of hydrogen-bond acceptors (Lipinski definition) is 5. The molecule has 1 N–H and O–H groups in total. The maximum atomic E-state index is 13.7. The number of halogens is 1. The predicted molar refractivity (Wildman–Crippen MR) is 138 cm³/mol. The van der Waals surface area contributed by atoms with Gasteiger partial charge in [0.25, 0.3) is 5.91 Å². The second kappa shape index (κ2) is 9.15. The average molecular weight is 484 g/mol. The molecule has 3 aromatic carbocycles. The second-order valence-electron chi connectivity index (χ2n) is 9.22. The number of ether oxygens (including phenoxy) is 1. The minimum Gasteiger partial charge on any atom is -0.497 e. The lowest BCUT2D eigenvalue weighted by Crippen LogP contribution is -2.34. The van der Waals surface area contributed by atoms with Gasteiger partial charge in [-0.05, 0) is 73.7 Å². The molecule has 36 heavy (non-hydrogen) atoms. The highest BCUT2D eigenvalue weighted by Crippen LogP contribution is 2.39. The highest BCUT2D eigenvalue weighted by Gasteiger charge is 2.27. The monoisotopic (exact) mass is 483 g/mol. The first-order valence-corrected chi connectivity index (χ1v) is 12.2. The topological polar surface area (TPSA) is 67.1 Å². The highest BCUT2D eigenvalue weighted by atomic mass is 19.1. The van der Waals surface area contributed by atoms with Crippen molar-refractivity contribution in [1.29, 1.82) is 0 Å². The molecule has 0 radical (unpaired) electrons. The normalized spacial score (nSPS) is 15.1. The number of nitrogens with zero attached hydrogens (tertiary/aromatic N) is 2. The van der Waals surface area contributed by atoms with Crippen molar-refractivity contribution >= 4 is 33.9 Å². The molecule has 0 fully saturated rings. The molecular weight excluding hydrogens is 457 g/mol. The van der Waals surface area contributed by atoms with Crippen molar-refractivity contribution in [3.05, 3.63) is 88.7 Å². The van der Waals surface area contributed by atoms with Crippen molar-refractivity contribution in [2.75, 3.05) is 30.4 Å².